The molecular weight excluding hydrogens is 369 g/mol. The first kappa shape index (κ1) is 18.4. The molecule has 2 aromatic rings. The van der Waals surface area contributed by atoms with Crippen LogP contribution in [0.15, 0.2) is 30.3 Å². The highest BCUT2D eigenvalue weighted by atomic mass is 32.2. The third kappa shape index (κ3) is 4.63. The molecule has 2 N–H and O–H groups in total. The first-order valence-corrected chi connectivity index (χ1v) is 9.70. The van der Waals surface area contributed by atoms with Crippen molar-refractivity contribution in [1.29, 1.82) is 0 Å². The van der Waals surface area contributed by atoms with E-state index in [2.05, 4.69) is 20.6 Å². The number of nitrogens with zero attached hydrogens (tertiary/aromatic N) is 2. The van der Waals surface area contributed by atoms with E-state index in [4.69, 9.17) is 0 Å². The minimum Gasteiger partial charge on any atom is -0.366 e. The van der Waals surface area contributed by atoms with Crippen molar-refractivity contribution in [3.05, 3.63) is 41.7 Å². The van der Waals surface area contributed by atoms with E-state index in [1.807, 2.05) is 0 Å². The molecule has 3 rings (SSSR count). The number of alkyl halides is 3. The molecule has 0 amide bonds. The number of halogens is 3. The van der Waals surface area contributed by atoms with Gasteiger partial charge in [-0.1, -0.05) is 6.07 Å². The molecule has 1 aromatic heterocycles. The van der Waals surface area contributed by atoms with E-state index in [9.17, 15) is 21.6 Å². The Morgan fingerprint density at radius 3 is 2.54 bits per heavy atom. The van der Waals surface area contributed by atoms with Crippen LogP contribution in [-0.2, 0) is 16.0 Å². The van der Waals surface area contributed by atoms with Gasteiger partial charge in [0.1, 0.15) is 17.5 Å². The Labute approximate surface area is 148 Å². The van der Waals surface area contributed by atoms with Crippen LogP contribution >= 0.6 is 0 Å². The first-order valence-electron chi connectivity index (χ1n) is 7.88. The molecule has 0 radical (unpaired) electrons. The summed E-state index contributed by atoms with van der Waals surface area (Å²) in [6.07, 6.45) is -3.94. The molecule has 0 spiro atoms. The SMILES string of the molecule is Cc1nc(Nc2cccc(C(F)(F)F)c2)cc(NC2CCS(=O)(=O)C2)n1. The molecule has 1 aliphatic rings. The van der Waals surface area contributed by atoms with Gasteiger partial charge in [0.2, 0.25) is 0 Å². The Bertz CT molecular complexity index is 916. The van der Waals surface area contributed by atoms with Gasteiger partial charge in [-0.3, -0.25) is 0 Å². The van der Waals surface area contributed by atoms with Crippen LogP contribution in [0.5, 0.6) is 0 Å². The van der Waals surface area contributed by atoms with Gasteiger partial charge in [-0.05, 0) is 31.5 Å². The Hall–Kier alpha value is -2.36. The van der Waals surface area contributed by atoms with Gasteiger partial charge in [-0.25, -0.2) is 18.4 Å². The van der Waals surface area contributed by atoms with Crippen molar-refractivity contribution in [3.63, 3.8) is 0 Å². The number of sulfone groups is 1. The maximum atomic E-state index is 12.8. The lowest BCUT2D eigenvalue weighted by atomic mass is 10.2. The second-order valence-electron chi connectivity index (χ2n) is 6.13. The lowest BCUT2D eigenvalue weighted by Crippen LogP contribution is -2.21. The van der Waals surface area contributed by atoms with Gasteiger partial charge in [-0.15, -0.1) is 0 Å². The second kappa shape index (κ2) is 6.75. The molecule has 0 bridgehead atoms. The fourth-order valence-electron chi connectivity index (χ4n) is 2.74. The highest BCUT2D eigenvalue weighted by molar-refractivity contribution is 7.91. The summed E-state index contributed by atoms with van der Waals surface area (Å²) in [5.74, 6) is 1.32. The fraction of sp³-hybridized carbons (Fsp3) is 0.375. The zero-order valence-corrected chi connectivity index (χ0v) is 14.7. The van der Waals surface area contributed by atoms with E-state index in [0.29, 0.717) is 23.9 Å². The summed E-state index contributed by atoms with van der Waals surface area (Å²) in [6, 6.07) is 6.09. The lowest BCUT2D eigenvalue weighted by molar-refractivity contribution is -0.137. The summed E-state index contributed by atoms with van der Waals surface area (Å²) in [5, 5.41) is 5.88. The predicted octanol–water partition coefficient (Wildman–Crippen LogP) is 3.15. The van der Waals surface area contributed by atoms with Crippen LogP contribution in [0.3, 0.4) is 0 Å². The zero-order chi connectivity index (χ0) is 18.9. The predicted molar refractivity (Wildman–Crippen MR) is 92.2 cm³/mol. The number of hydrogen-bond donors (Lipinski definition) is 2. The van der Waals surface area contributed by atoms with Crippen LogP contribution < -0.4 is 10.6 Å². The van der Waals surface area contributed by atoms with E-state index in [1.54, 1.807) is 6.92 Å². The van der Waals surface area contributed by atoms with Crippen molar-refractivity contribution in [3.8, 4) is 0 Å². The standard InChI is InChI=1S/C16H17F3N4O2S/c1-10-20-14(22-12-4-2-3-11(7-12)16(17,18)19)8-15(21-10)23-13-5-6-26(24,25)9-13/h2-4,7-8,13H,5-6,9H2,1H3,(H2,20,21,22,23). The topological polar surface area (TPSA) is 84.0 Å². The van der Waals surface area contributed by atoms with Crippen LogP contribution in [0.4, 0.5) is 30.5 Å². The number of aromatic nitrogens is 2. The van der Waals surface area contributed by atoms with Gasteiger partial charge < -0.3 is 10.6 Å². The zero-order valence-electron chi connectivity index (χ0n) is 13.8. The number of nitrogens with one attached hydrogen (secondary N) is 2. The molecule has 1 aliphatic heterocycles. The van der Waals surface area contributed by atoms with E-state index in [-0.39, 0.29) is 23.2 Å². The summed E-state index contributed by atoms with van der Waals surface area (Å²) in [6.45, 7) is 1.65. The molecule has 1 fully saturated rings. The lowest BCUT2D eigenvalue weighted by Gasteiger charge is -2.14. The maximum Gasteiger partial charge on any atom is 0.416 e. The monoisotopic (exact) mass is 386 g/mol. The third-order valence-electron chi connectivity index (χ3n) is 3.88. The number of aryl methyl sites for hydroxylation is 1. The van der Waals surface area contributed by atoms with E-state index in [1.165, 1.54) is 18.2 Å². The van der Waals surface area contributed by atoms with Gasteiger partial charge in [-0.2, -0.15) is 13.2 Å². The van der Waals surface area contributed by atoms with Crippen molar-refractivity contribution in [1.82, 2.24) is 9.97 Å². The van der Waals surface area contributed by atoms with Crippen LogP contribution in [0.1, 0.15) is 17.8 Å². The molecule has 1 atom stereocenters. The number of hydrogen-bond acceptors (Lipinski definition) is 6. The van der Waals surface area contributed by atoms with Crippen molar-refractivity contribution < 1.29 is 21.6 Å². The molecular formula is C16H17F3N4O2S. The quantitative estimate of drug-likeness (QED) is 0.840. The minimum atomic E-state index is -4.43. The van der Waals surface area contributed by atoms with Crippen molar-refractivity contribution in [2.45, 2.75) is 25.6 Å². The Morgan fingerprint density at radius 2 is 1.88 bits per heavy atom. The van der Waals surface area contributed by atoms with Gasteiger partial charge in [0, 0.05) is 17.8 Å². The Morgan fingerprint density at radius 1 is 1.15 bits per heavy atom. The van der Waals surface area contributed by atoms with E-state index >= 15 is 0 Å². The maximum absolute atomic E-state index is 12.8. The van der Waals surface area contributed by atoms with Gasteiger partial charge in [0.05, 0.1) is 17.1 Å². The Balaban J connectivity index is 1.78. The molecule has 26 heavy (non-hydrogen) atoms. The van der Waals surface area contributed by atoms with Crippen LogP contribution in [0, 0.1) is 6.92 Å². The summed E-state index contributed by atoms with van der Waals surface area (Å²) < 4.78 is 61.5. The summed E-state index contributed by atoms with van der Waals surface area (Å²) in [5.41, 5.74) is -0.518. The van der Waals surface area contributed by atoms with Crippen LogP contribution in [0.2, 0.25) is 0 Å². The van der Waals surface area contributed by atoms with E-state index < -0.39 is 21.6 Å². The summed E-state index contributed by atoms with van der Waals surface area (Å²) >= 11 is 0. The molecule has 1 aromatic carbocycles. The first-order chi connectivity index (χ1) is 12.1. The Kier molecular flexibility index (Phi) is 4.78. The van der Waals surface area contributed by atoms with E-state index in [0.717, 1.165) is 12.1 Å². The largest absolute Gasteiger partial charge is 0.416 e. The number of anilines is 3. The second-order valence-corrected chi connectivity index (χ2v) is 8.36. The highest BCUT2D eigenvalue weighted by Gasteiger charge is 2.30. The highest BCUT2D eigenvalue weighted by Crippen LogP contribution is 2.31. The molecule has 1 saturated heterocycles. The number of benzene rings is 1. The average Bonchev–Trinajstić information content (AvgIpc) is 2.85. The number of rotatable bonds is 4. The van der Waals surface area contributed by atoms with Crippen molar-refractivity contribution in [2.75, 3.05) is 22.1 Å². The fourth-order valence-corrected chi connectivity index (χ4v) is 4.42. The van der Waals surface area contributed by atoms with Crippen molar-refractivity contribution in [2.24, 2.45) is 0 Å². The molecule has 2 heterocycles. The molecule has 10 heteroatoms. The summed E-state index contributed by atoms with van der Waals surface area (Å²) in [7, 11) is -3.03. The molecule has 6 nitrogen and oxygen atoms in total. The average molecular weight is 386 g/mol. The smallest absolute Gasteiger partial charge is 0.366 e. The normalized spacial score (nSPS) is 19.3. The summed E-state index contributed by atoms with van der Waals surface area (Å²) in [4.78, 5) is 8.37. The molecule has 0 aliphatic carbocycles. The van der Waals surface area contributed by atoms with Crippen molar-refractivity contribution >= 4 is 27.2 Å². The van der Waals surface area contributed by atoms with Gasteiger partial charge >= 0.3 is 6.18 Å². The van der Waals surface area contributed by atoms with Gasteiger partial charge in [0.25, 0.3) is 0 Å². The van der Waals surface area contributed by atoms with Crippen LogP contribution in [-0.4, -0.2) is 35.9 Å². The molecule has 0 saturated carbocycles. The molecule has 140 valence electrons. The molecule has 1 unspecified atom stereocenters. The minimum absolute atomic E-state index is 0.0342. The third-order valence-corrected chi connectivity index (χ3v) is 5.65. The van der Waals surface area contributed by atoms with Gasteiger partial charge in [0.15, 0.2) is 9.84 Å². The van der Waals surface area contributed by atoms with Crippen LogP contribution in [0.25, 0.3) is 0 Å².